The first kappa shape index (κ1) is 32.7. The lowest BCUT2D eigenvalue weighted by Gasteiger charge is -2.39. The first-order valence-corrected chi connectivity index (χ1v) is 12.0. The Kier molecular flexibility index (Phi) is 13.2. The predicted molar refractivity (Wildman–Crippen MR) is 121 cm³/mol. The summed E-state index contributed by atoms with van der Waals surface area (Å²) in [5.41, 5.74) is -6.90. The van der Waals surface area contributed by atoms with Gasteiger partial charge >= 0.3 is 11.9 Å². The summed E-state index contributed by atoms with van der Waals surface area (Å²) in [6.45, 7) is -0.319. The first-order chi connectivity index (χ1) is 17.9. The van der Waals surface area contributed by atoms with E-state index in [0.717, 1.165) is 0 Å². The van der Waals surface area contributed by atoms with Gasteiger partial charge in [-0.1, -0.05) is 0 Å². The van der Waals surface area contributed by atoms with Crippen LogP contribution < -0.4 is 0 Å². The van der Waals surface area contributed by atoms with E-state index < -0.39 is 73.6 Å². The molecule has 0 spiro atoms. The quantitative estimate of drug-likeness (QED) is 0.0552. The van der Waals surface area contributed by atoms with Gasteiger partial charge in [0.2, 0.25) is 11.2 Å². The molecule has 0 radical (unpaired) electrons. The van der Waals surface area contributed by atoms with Gasteiger partial charge in [0.05, 0.1) is 78.3 Å². The first-order valence-electron chi connectivity index (χ1n) is 12.0. The molecule has 0 bridgehead atoms. The second-order valence-electron chi connectivity index (χ2n) is 9.41. The van der Waals surface area contributed by atoms with Gasteiger partial charge in [-0.05, 0) is 0 Å². The Balaban J connectivity index is 1.81. The van der Waals surface area contributed by atoms with Crippen LogP contribution in [0.4, 0.5) is 0 Å². The summed E-state index contributed by atoms with van der Waals surface area (Å²) in [7, 11) is 0. The third-order valence-electron chi connectivity index (χ3n) is 5.73. The van der Waals surface area contributed by atoms with Gasteiger partial charge in [-0.15, -0.1) is 0 Å². The molecule has 0 aromatic carbocycles. The summed E-state index contributed by atoms with van der Waals surface area (Å²) >= 11 is 0. The highest BCUT2D eigenvalue weighted by Gasteiger charge is 2.61. The normalized spacial score (nSPS) is 25.0. The third kappa shape index (κ3) is 10.9. The molecule has 2 heterocycles. The van der Waals surface area contributed by atoms with Crippen LogP contribution >= 0.6 is 0 Å². The Hall–Kier alpha value is -1.54. The van der Waals surface area contributed by atoms with Crippen LogP contribution in [0.1, 0.15) is 12.8 Å². The van der Waals surface area contributed by atoms with Crippen molar-refractivity contribution in [3.05, 3.63) is 0 Å². The average Bonchev–Trinajstić information content (AvgIpc) is 3.74. The molecule has 8 N–H and O–H groups in total. The fourth-order valence-electron chi connectivity index (χ4n) is 3.44. The molecule has 222 valence electrons. The van der Waals surface area contributed by atoms with Gasteiger partial charge in [-0.25, -0.2) is 9.59 Å². The molecule has 38 heavy (non-hydrogen) atoms. The number of hydrogen-bond acceptors (Lipinski definition) is 14. The van der Waals surface area contributed by atoms with Crippen LogP contribution in [0.2, 0.25) is 0 Å². The predicted octanol–water partition coefficient (Wildman–Crippen LogP) is -4.29. The van der Waals surface area contributed by atoms with Crippen LogP contribution in [0.15, 0.2) is 0 Å². The minimum atomic E-state index is -3.45. The van der Waals surface area contributed by atoms with Crippen molar-refractivity contribution < 1.29 is 78.9 Å². The van der Waals surface area contributed by atoms with Gasteiger partial charge in [0, 0.05) is 12.8 Å². The number of carboxylic acids is 2. The van der Waals surface area contributed by atoms with E-state index in [1.807, 2.05) is 0 Å². The lowest BCUT2D eigenvalue weighted by molar-refractivity contribution is -0.220. The summed E-state index contributed by atoms with van der Waals surface area (Å²) in [5.74, 6) is -4.34. The number of hydrogen-bond donors (Lipinski definition) is 8. The van der Waals surface area contributed by atoms with E-state index >= 15 is 0 Å². The summed E-state index contributed by atoms with van der Waals surface area (Å²) in [4.78, 5) is 23.7. The smallest absolute Gasteiger partial charge is 0.339 e. The molecule has 2 aliphatic rings. The Morgan fingerprint density at radius 2 is 0.921 bits per heavy atom. The number of aliphatic carboxylic acids is 2. The molecule has 8 atom stereocenters. The number of epoxide rings is 2. The number of aliphatic hydroxyl groups excluding tert-OH is 4. The number of rotatable bonds is 23. The highest BCUT2D eigenvalue weighted by molar-refractivity contribution is 5.90. The number of carboxylic acid groups (broad SMARTS) is 2. The maximum Gasteiger partial charge on any atom is 0.339 e. The lowest BCUT2D eigenvalue weighted by atomic mass is 9.75. The van der Waals surface area contributed by atoms with Crippen molar-refractivity contribution in [1.29, 1.82) is 0 Å². The van der Waals surface area contributed by atoms with E-state index in [4.69, 9.17) is 28.4 Å². The fourth-order valence-corrected chi connectivity index (χ4v) is 3.44. The number of carbonyl (C=O) groups is 2. The molecule has 2 aliphatic heterocycles. The third-order valence-corrected chi connectivity index (χ3v) is 5.73. The molecule has 16 nitrogen and oxygen atoms in total. The second-order valence-corrected chi connectivity index (χ2v) is 9.41. The number of ether oxygens (including phenoxy) is 6. The summed E-state index contributed by atoms with van der Waals surface area (Å²) in [5, 5.41) is 80.4. The van der Waals surface area contributed by atoms with E-state index in [-0.39, 0.29) is 38.6 Å². The van der Waals surface area contributed by atoms with Gasteiger partial charge < -0.3 is 69.3 Å². The van der Waals surface area contributed by atoms with Gasteiger partial charge in [-0.3, -0.25) is 0 Å². The Morgan fingerprint density at radius 1 is 0.632 bits per heavy atom. The van der Waals surface area contributed by atoms with Gasteiger partial charge in [0.1, 0.15) is 24.4 Å². The topological polar surface area (TPSA) is 258 Å². The summed E-state index contributed by atoms with van der Waals surface area (Å²) < 4.78 is 30.4. The highest BCUT2D eigenvalue weighted by atomic mass is 16.6. The van der Waals surface area contributed by atoms with Crippen LogP contribution in [0, 0.1) is 0 Å². The molecule has 2 rings (SSSR count). The molecule has 0 aliphatic carbocycles. The van der Waals surface area contributed by atoms with Crippen molar-refractivity contribution in [3.63, 3.8) is 0 Å². The van der Waals surface area contributed by atoms with Crippen molar-refractivity contribution >= 4 is 11.9 Å². The Morgan fingerprint density at radius 3 is 1.21 bits per heavy atom. The van der Waals surface area contributed by atoms with Crippen molar-refractivity contribution in [2.24, 2.45) is 0 Å². The molecular weight excluding hydrogens is 520 g/mol. The second kappa shape index (κ2) is 15.3. The van der Waals surface area contributed by atoms with E-state index in [2.05, 4.69) is 0 Å². The molecule has 16 heteroatoms. The maximum atomic E-state index is 11.8. The molecule has 0 saturated carbocycles. The monoisotopic (exact) mass is 558 g/mol. The van der Waals surface area contributed by atoms with Crippen molar-refractivity contribution in [2.45, 2.75) is 60.7 Å². The molecule has 0 aromatic rings. The SMILES string of the molecule is O=C(O)C(O)(CC(O)COCC(O)COCC1CO1)C(O)(CC(O)COCC(O)COCC1CO1)C(=O)O. The minimum Gasteiger partial charge on any atom is -0.479 e. The molecule has 0 amide bonds. The van der Waals surface area contributed by atoms with Crippen LogP contribution in [-0.2, 0) is 38.0 Å². The highest BCUT2D eigenvalue weighted by Crippen LogP contribution is 2.33. The summed E-state index contributed by atoms with van der Waals surface area (Å²) in [6.07, 6.45) is -8.11. The standard InChI is InChI=1S/C22H38O16/c23-13(3-33-5-15(25)7-35-9-17-11-37-17)1-21(31,19(27)28)22(32,20(29)30)2-14(24)4-34-6-16(26)8-36-10-18-12-38-18/h13-18,23-26,31-32H,1-12H2,(H,27,28)(H,29,30). The zero-order valence-corrected chi connectivity index (χ0v) is 20.8. The Labute approximate surface area is 218 Å². The van der Waals surface area contributed by atoms with E-state index in [0.29, 0.717) is 26.4 Å². The van der Waals surface area contributed by atoms with E-state index in [1.165, 1.54) is 0 Å². The molecular formula is C22H38O16. The van der Waals surface area contributed by atoms with E-state index in [9.17, 15) is 50.4 Å². The molecule has 2 fully saturated rings. The average molecular weight is 559 g/mol. The lowest BCUT2D eigenvalue weighted by Crippen LogP contribution is -2.66. The molecule has 8 unspecified atom stereocenters. The zero-order valence-electron chi connectivity index (χ0n) is 20.8. The number of aliphatic hydroxyl groups is 6. The fraction of sp³-hybridized carbons (Fsp3) is 0.909. The van der Waals surface area contributed by atoms with Gasteiger partial charge in [0.15, 0.2) is 0 Å². The summed E-state index contributed by atoms with van der Waals surface area (Å²) in [6, 6.07) is 0. The minimum absolute atomic E-state index is 0.00425. The van der Waals surface area contributed by atoms with Gasteiger partial charge in [-0.2, -0.15) is 0 Å². The van der Waals surface area contributed by atoms with Crippen LogP contribution in [0.25, 0.3) is 0 Å². The molecule has 2 saturated heterocycles. The van der Waals surface area contributed by atoms with Crippen molar-refractivity contribution in [2.75, 3.05) is 66.1 Å². The van der Waals surface area contributed by atoms with Crippen LogP contribution in [0.3, 0.4) is 0 Å². The van der Waals surface area contributed by atoms with Crippen LogP contribution in [-0.4, -0.2) is 167 Å². The molecule has 0 aromatic heterocycles. The van der Waals surface area contributed by atoms with Crippen LogP contribution in [0.5, 0.6) is 0 Å². The van der Waals surface area contributed by atoms with Gasteiger partial charge in [0.25, 0.3) is 0 Å². The van der Waals surface area contributed by atoms with Crippen molar-refractivity contribution in [1.82, 2.24) is 0 Å². The largest absolute Gasteiger partial charge is 0.479 e. The van der Waals surface area contributed by atoms with E-state index in [1.54, 1.807) is 0 Å². The Bertz CT molecular complexity index is 670. The van der Waals surface area contributed by atoms with Crippen molar-refractivity contribution in [3.8, 4) is 0 Å². The maximum absolute atomic E-state index is 11.8. The zero-order chi connectivity index (χ0) is 28.3.